The topological polar surface area (TPSA) is 68.5 Å². The number of nitrogens with zero attached hydrogens (tertiary/aromatic N) is 5. The Morgan fingerprint density at radius 1 is 1.00 bits per heavy atom. The van der Waals surface area contributed by atoms with Gasteiger partial charge in [0.25, 0.3) is 0 Å². The molecule has 3 aromatic heterocycles. The average molecular weight is 340 g/mol. The lowest BCUT2D eigenvalue weighted by Gasteiger charge is -2.08. The van der Waals surface area contributed by atoms with Gasteiger partial charge in [-0.1, -0.05) is 17.6 Å². The van der Waals surface area contributed by atoms with Crippen LogP contribution in [0.4, 0.5) is 11.6 Å². The van der Waals surface area contributed by atoms with E-state index in [-0.39, 0.29) is 0 Å². The Kier molecular flexibility index (Phi) is 4.19. The van der Waals surface area contributed by atoms with Gasteiger partial charge in [-0.3, -0.25) is 4.98 Å². The fourth-order valence-electron chi connectivity index (χ4n) is 2.82. The number of imidazole rings is 1. The first-order valence-electron chi connectivity index (χ1n) is 8.30. The van der Waals surface area contributed by atoms with Crippen molar-refractivity contribution in [1.82, 2.24) is 24.5 Å². The molecule has 0 radical (unpaired) electrons. The minimum atomic E-state index is 0.553. The molecule has 4 rings (SSSR count). The lowest BCUT2D eigenvalue weighted by atomic mass is 9.96. The zero-order valence-electron chi connectivity index (χ0n) is 14.6. The Morgan fingerprint density at radius 3 is 2.73 bits per heavy atom. The summed E-state index contributed by atoms with van der Waals surface area (Å²) in [6.45, 7) is 0. The second kappa shape index (κ2) is 6.80. The maximum absolute atomic E-state index is 4.64. The van der Waals surface area contributed by atoms with Gasteiger partial charge in [-0.05, 0) is 30.3 Å². The zero-order valence-corrected chi connectivity index (χ0v) is 14.6. The Bertz CT molecular complexity index is 1040. The third-order valence-corrected chi connectivity index (χ3v) is 4.10. The minimum absolute atomic E-state index is 0.553. The number of nitrogens with one attached hydrogen (secondary N) is 1. The molecule has 0 aliphatic carbocycles. The van der Waals surface area contributed by atoms with Gasteiger partial charge < -0.3 is 9.88 Å². The number of aromatic nitrogens is 5. The second-order valence-electron chi connectivity index (χ2n) is 6.03. The predicted octanol–water partition coefficient (Wildman–Crippen LogP) is 1.94. The number of hydrogen-bond acceptors (Lipinski definition) is 5. The molecule has 126 valence electrons. The molecule has 0 aliphatic rings. The first kappa shape index (κ1) is 16.0. The highest BCUT2D eigenvalue weighted by Gasteiger charge is 2.12. The van der Waals surface area contributed by atoms with E-state index in [2.05, 4.69) is 45.2 Å². The summed E-state index contributed by atoms with van der Waals surface area (Å²) >= 11 is 0. The highest BCUT2D eigenvalue weighted by molar-refractivity contribution is 6.32. The molecule has 3 heterocycles. The monoisotopic (exact) mass is 340 g/mol. The minimum Gasteiger partial charge on any atom is -0.326 e. The highest BCUT2D eigenvalue weighted by Crippen LogP contribution is 2.24. The first-order valence-corrected chi connectivity index (χ1v) is 8.30. The number of anilines is 2. The van der Waals surface area contributed by atoms with Crippen molar-refractivity contribution >= 4 is 24.9 Å². The van der Waals surface area contributed by atoms with Crippen molar-refractivity contribution in [1.29, 1.82) is 0 Å². The van der Waals surface area contributed by atoms with E-state index in [1.54, 1.807) is 18.6 Å². The van der Waals surface area contributed by atoms with Gasteiger partial charge in [0.1, 0.15) is 13.7 Å². The van der Waals surface area contributed by atoms with Crippen LogP contribution in [-0.2, 0) is 7.05 Å². The van der Waals surface area contributed by atoms with E-state index in [0.29, 0.717) is 5.95 Å². The Balaban J connectivity index is 1.66. The molecule has 0 unspecified atom stereocenters. The van der Waals surface area contributed by atoms with Gasteiger partial charge in [-0.25, -0.2) is 15.0 Å². The standard InChI is InChI=1S/C19H17BN6/c1-26-17(12-23-18(26)13-4-3-8-21-11-13)16-7-9-22-19(25-16)24-15-6-2-5-14(20)10-15/h2-12H,20H2,1H3,(H,22,24,25). The summed E-state index contributed by atoms with van der Waals surface area (Å²) in [5.74, 6) is 1.40. The summed E-state index contributed by atoms with van der Waals surface area (Å²) in [6.07, 6.45) is 7.12. The second-order valence-corrected chi connectivity index (χ2v) is 6.03. The fourth-order valence-corrected chi connectivity index (χ4v) is 2.82. The number of benzene rings is 1. The maximum atomic E-state index is 4.64. The number of pyridine rings is 1. The molecular formula is C19H17BN6. The molecule has 0 atom stereocenters. The molecule has 0 saturated carbocycles. The summed E-state index contributed by atoms with van der Waals surface area (Å²) < 4.78 is 2.01. The molecule has 1 N–H and O–H groups in total. The molecule has 0 amide bonds. The van der Waals surface area contributed by atoms with Crippen LogP contribution in [0.5, 0.6) is 0 Å². The van der Waals surface area contributed by atoms with Crippen LogP contribution in [0, 0.1) is 0 Å². The molecule has 1 aromatic carbocycles. The van der Waals surface area contributed by atoms with E-state index < -0.39 is 0 Å². The maximum Gasteiger partial charge on any atom is 0.227 e. The van der Waals surface area contributed by atoms with Crippen LogP contribution < -0.4 is 10.8 Å². The molecular weight excluding hydrogens is 323 g/mol. The Hall–Kier alpha value is -3.48. The third-order valence-electron chi connectivity index (χ3n) is 4.10. The summed E-state index contributed by atoms with van der Waals surface area (Å²) in [5.41, 5.74) is 4.83. The van der Waals surface area contributed by atoms with Crippen molar-refractivity contribution in [2.24, 2.45) is 7.05 Å². The highest BCUT2D eigenvalue weighted by atomic mass is 15.1. The van der Waals surface area contributed by atoms with Crippen LogP contribution in [0.1, 0.15) is 0 Å². The van der Waals surface area contributed by atoms with E-state index >= 15 is 0 Å². The van der Waals surface area contributed by atoms with Gasteiger partial charge in [0.15, 0.2) is 0 Å². The largest absolute Gasteiger partial charge is 0.326 e. The van der Waals surface area contributed by atoms with Crippen molar-refractivity contribution in [3.05, 3.63) is 67.3 Å². The normalized spacial score (nSPS) is 10.7. The van der Waals surface area contributed by atoms with Crippen molar-refractivity contribution in [3.8, 4) is 22.8 Å². The molecule has 0 fully saturated rings. The SMILES string of the molecule is Bc1cccc(Nc2nccc(-c3cnc(-c4cccnc4)n3C)n2)c1. The van der Waals surface area contributed by atoms with E-state index in [0.717, 1.165) is 28.5 Å². The molecule has 0 bridgehead atoms. The molecule has 26 heavy (non-hydrogen) atoms. The van der Waals surface area contributed by atoms with Crippen LogP contribution >= 0.6 is 0 Å². The first-order chi connectivity index (χ1) is 12.7. The van der Waals surface area contributed by atoms with Crippen molar-refractivity contribution in [3.63, 3.8) is 0 Å². The van der Waals surface area contributed by atoms with E-state index in [9.17, 15) is 0 Å². The predicted molar refractivity (Wildman–Crippen MR) is 105 cm³/mol. The number of hydrogen-bond donors (Lipinski definition) is 1. The van der Waals surface area contributed by atoms with Crippen LogP contribution in [0.2, 0.25) is 0 Å². The zero-order chi connectivity index (χ0) is 17.9. The molecule has 0 aliphatic heterocycles. The average Bonchev–Trinajstić information content (AvgIpc) is 3.04. The van der Waals surface area contributed by atoms with E-state index in [1.165, 1.54) is 5.46 Å². The van der Waals surface area contributed by atoms with Crippen LogP contribution in [0.15, 0.2) is 67.3 Å². The van der Waals surface area contributed by atoms with Crippen molar-refractivity contribution < 1.29 is 0 Å². The molecule has 7 heteroatoms. The molecule has 4 aromatic rings. The van der Waals surface area contributed by atoms with Crippen molar-refractivity contribution in [2.75, 3.05) is 5.32 Å². The van der Waals surface area contributed by atoms with E-state index in [4.69, 9.17) is 0 Å². The quantitative estimate of drug-likeness (QED) is 0.575. The van der Waals surface area contributed by atoms with Gasteiger partial charge in [-0.2, -0.15) is 0 Å². The van der Waals surface area contributed by atoms with Gasteiger partial charge in [0.05, 0.1) is 17.6 Å². The Labute approximate surface area is 152 Å². The van der Waals surface area contributed by atoms with Gasteiger partial charge in [0, 0.05) is 36.9 Å². The lowest BCUT2D eigenvalue weighted by molar-refractivity contribution is 0.924. The van der Waals surface area contributed by atoms with Crippen LogP contribution in [0.3, 0.4) is 0 Å². The molecule has 0 spiro atoms. The van der Waals surface area contributed by atoms with Gasteiger partial charge in [-0.15, -0.1) is 0 Å². The number of rotatable bonds is 4. The third kappa shape index (κ3) is 3.19. The smallest absolute Gasteiger partial charge is 0.227 e. The lowest BCUT2D eigenvalue weighted by Crippen LogP contribution is -2.04. The van der Waals surface area contributed by atoms with Crippen LogP contribution in [-0.4, -0.2) is 32.3 Å². The Morgan fingerprint density at radius 2 is 1.92 bits per heavy atom. The fraction of sp³-hybridized carbons (Fsp3) is 0.0526. The molecule has 0 saturated heterocycles. The summed E-state index contributed by atoms with van der Waals surface area (Å²) in [7, 11) is 4.03. The van der Waals surface area contributed by atoms with Gasteiger partial charge in [0.2, 0.25) is 5.95 Å². The summed E-state index contributed by atoms with van der Waals surface area (Å²) in [5, 5.41) is 3.25. The molecule has 6 nitrogen and oxygen atoms in total. The van der Waals surface area contributed by atoms with E-state index in [1.807, 2.05) is 48.1 Å². The summed E-state index contributed by atoms with van der Waals surface area (Å²) in [6, 6.07) is 13.9. The summed E-state index contributed by atoms with van der Waals surface area (Å²) in [4.78, 5) is 17.7. The van der Waals surface area contributed by atoms with Gasteiger partial charge >= 0.3 is 0 Å². The van der Waals surface area contributed by atoms with Crippen LogP contribution in [0.25, 0.3) is 22.8 Å². The van der Waals surface area contributed by atoms with Crippen molar-refractivity contribution in [2.45, 2.75) is 0 Å².